The van der Waals surface area contributed by atoms with E-state index in [0.29, 0.717) is 24.9 Å². The van der Waals surface area contributed by atoms with Crippen molar-refractivity contribution < 1.29 is 9.59 Å². The Morgan fingerprint density at radius 3 is 2.80 bits per heavy atom. The molecule has 1 unspecified atom stereocenters. The molecule has 0 aliphatic carbocycles. The number of benzene rings is 1. The molecule has 1 atom stereocenters. The number of thiophene rings is 1. The number of amides is 2. The van der Waals surface area contributed by atoms with Crippen molar-refractivity contribution in [3.63, 3.8) is 0 Å². The van der Waals surface area contributed by atoms with Crippen molar-refractivity contribution in [2.45, 2.75) is 38.6 Å². The average molecular weight is 356 g/mol. The number of rotatable bonds is 6. The van der Waals surface area contributed by atoms with Crippen LogP contribution >= 0.6 is 11.3 Å². The maximum atomic E-state index is 12.6. The van der Waals surface area contributed by atoms with Crippen molar-refractivity contribution in [1.29, 1.82) is 0 Å². The third-order valence-corrected chi connectivity index (χ3v) is 5.69. The fourth-order valence-electron chi connectivity index (χ4n) is 3.41. The molecule has 1 aliphatic heterocycles. The molecule has 1 aromatic carbocycles. The predicted octanol–water partition coefficient (Wildman–Crippen LogP) is 3.79. The highest BCUT2D eigenvalue weighted by Crippen LogP contribution is 2.35. The van der Waals surface area contributed by atoms with Gasteiger partial charge in [-0.2, -0.15) is 0 Å². The molecule has 2 amide bonds. The summed E-state index contributed by atoms with van der Waals surface area (Å²) in [6.07, 6.45) is 3.05. The smallest absolute Gasteiger partial charge is 0.251 e. The first kappa shape index (κ1) is 17.7. The summed E-state index contributed by atoms with van der Waals surface area (Å²) in [4.78, 5) is 28.1. The first-order valence-corrected chi connectivity index (χ1v) is 9.77. The van der Waals surface area contributed by atoms with Crippen LogP contribution in [0.3, 0.4) is 0 Å². The van der Waals surface area contributed by atoms with Gasteiger partial charge in [-0.3, -0.25) is 9.59 Å². The lowest BCUT2D eigenvalue weighted by Crippen LogP contribution is -2.39. The Kier molecular flexibility index (Phi) is 5.87. The van der Waals surface area contributed by atoms with Gasteiger partial charge in [0.15, 0.2) is 0 Å². The van der Waals surface area contributed by atoms with E-state index in [4.69, 9.17) is 0 Å². The Labute approximate surface area is 152 Å². The van der Waals surface area contributed by atoms with Gasteiger partial charge in [-0.05, 0) is 48.4 Å². The first-order valence-electron chi connectivity index (χ1n) is 8.89. The number of hydrogen-bond acceptors (Lipinski definition) is 3. The molecular formula is C20H24N2O2S. The molecule has 4 nitrogen and oxygen atoms in total. The van der Waals surface area contributed by atoms with Crippen LogP contribution in [0, 0.1) is 0 Å². The highest BCUT2D eigenvalue weighted by molar-refractivity contribution is 7.10. The van der Waals surface area contributed by atoms with Crippen molar-refractivity contribution >= 4 is 23.2 Å². The Bertz CT molecular complexity index is 726. The second-order valence-electron chi connectivity index (χ2n) is 6.29. The van der Waals surface area contributed by atoms with Gasteiger partial charge in [-0.1, -0.05) is 25.1 Å². The zero-order valence-corrected chi connectivity index (χ0v) is 15.3. The largest absolute Gasteiger partial charge is 0.352 e. The standard InChI is InChI=1S/C20H24N2O2S/c1-2-17-16-11-14-25-18(16)10-13-22(17)19(23)9-6-12-21-20(24)15-7-4-3-5-8-15/h3-5,7-8,11,14,17H,2,6,9-10,12-13H2,1H3,(H,21,24). The van der Waals surface area contributed by atoms with Crippen molar-refractivity contribution in [3.8, 4) is 0 Å². The molecule has 0 bridgehead atoms. The third-order valence-electron chi connectivity index (χ3n) is 4.69. The van der Waals surface area contributed by atoms with Crippen LogP contribution in [-0.2, 0) is 11.2 Å². The van der Waals surface area contributed by atoms with Crippen LogP contribution in [0.2, 0.25) is 0 Å². The van der Waals surface area contributed by atoms with Gasteiger partial charge in [0.2, 0.25) is 5.91 Å². The van der Waals surface area contributed by atoms with E-state index in [-0.39, 0.29) is 17.9 Å². The molecular weight excluding hydrogens is 332 g/mol. The molecule has 25 heavy (non-hydrogen) atoms. The van der Waals surface area contributed by atoms with Crippen LogP contribution in [0.4, 0.5) is 0 Å². The van der Waals surface area contributed by atoms with E-state index in [0.717, 1.165) is 19.4 Å². The molecule has 1 aliphatic rings. The summed E-state index contributed by atoms with van der Waals surface area (Å²) in [6.45, 7) is 3.47. The molecule has 3 rings (SSSR count). The van der Waals surface area contributed by atoms with Gasteiger partial charge in [0.25, 0.3) is 5.91 Å². The Hall–Kier alpha value is -2.14. The lowest BCUT2D eigenvalue weighted by molar-refractivity contribution is -0.134. The maximum absolute atomic E-state index is 12.6. The Morgan fingerprint density at radius 1 is 1.24 bits per heavy atom. The Morgan fingerprint density at radius 2 is 2.04 bits per heavy atom. The van der Waals surface area contributed by atoms with Crippen molar-refractivity contribution in [1.82, 2.24) is 10.2 Å². The SMILES string of the molecule is CCC1c2ccsc2CCN1C(=O)CCCNC(=O)c1ccccc1. The highest BCUT2D eigenvalue weighted by Gasteiger charge is 2.29. The minimum atomic E-state index is -0.0830. The summed E-state index contributed by atoms with van der Waals surface area (Å²) in [7, 11) is 0. The second-order valence-corrected chi connectivity index (χ2v) is 7.29. The van der Waals surface area contributed by atoms with Gasteiger partial charge in [0.05, 0.1) is 6.04 Å². The molecule has 1 N–H and O–H groups in total. The molecule has 0 radical (unpaired) electrons. The number of nitrogens with zero attached hydrogens (tertiary/aromatic N) is 1. The van der Waals surface area contributed by atoms with Gasteiger partial charge in [-0.25, -0.2) is 0 Å². The summed E-state index contributed by atoms with van der Waals surface area (Å²) >= 11 is 1.80. The van der Waals surface area contributed by atoms with Gasteiger partial charge < -0.3 is 10.2 Å². The number of carbonyl (C=O) groups is 2. The Balaban J connectivity index is 1.47. The first-order chi connectivity index (χ1) is 12.2. The van der Waals surface area contributed by atoms with Crippen LogP contribution in [0.5, 0.6) is 0 Å². The second kappa shape index (κ2) is 8.30. The monoisotopic (exact) mass is 356 g/mol. The fourth-order valence-corrected chi connectivity index (χ4v) is 4.34. The van der Waals surface area contributed by atoms with Crippen LogP contribution < -0.4 is 5.32 Å². The molecule has 0 saturated carbocycles. The van der Waals surface area contributed by atoms with Crippen molar-refractivity contribution in [2.24, 2.45) is 0 Å². The summed E-state index contributed by atoms with van der Waals surface area (Å²) in [5, 5.41) is 5.01. The van der Waals surface area contributed by atoms with Gasteiger partial charge in [-0.15, -0.1) is 11.3 Å². The summed E-state index contributed by atoms with van der Waals surface area (Å²) in [5.74, 6) is 0.109. The predicted molar refractivity (Wildman–Crippen MR) is 101 cm³/mol. The normalized spacial score (nSPS) is 16.4. The molecule has 0 spiro atoms. The summed E-state index contributed by atoms with van der Waals surface area (Å²) in [5.41, 5.74) is 1.98. The number of hydrogen-bond donors (Lipinski definition) is 1. The molecule has 5 heteroatoms. The molecule has 2 heterocycles. The minimum Gasteiger partial charge on any atom is -0.352 e. The zero-order chi connectivity index (χ0) is 17.6. The van der Waals surface area contributed by atoms with E-state index in [1.807, 2.05) is 23.1 Å². The third kappa shape index (κ3) is 4.10. The maximum Gasteiger partial charge on any atom is 0.251 e. The minimum absolute atomic E-state index is 0.0830. The van der Waals surface area contributed by atoms with Gasteiger partial charge >= 0.3 is 0 Å². The summed E-state index contributed by atoms with van der Waals surface area (Å²) in [6, 6.07) is 11.5. The topological polar surface area (TPSA) is 49.4 Å². The lowest BCUT2D eigenvalue weighted by atomic mass is 9.97. The quantitative estimate of drug-likeness (QED) is 0.801. The van der Waals surface area contributed by atoms with E-state index in [9.17, 15) is 9.59 Å². The molecule has 1 aromatic heterocycles. The zero-order valence-electron chi connectivity index (χ0n) is 14.5. The molecule has 2 aromatic rings. The molecule has 0 saturated heterocycles. The van der Waals surface area contributed by atoms with E-state index in [1.54, 1.807) is 23.5 Å². The number of carbonyl (C=O) groups excluding carboxylic acids is 2. The van der Waals surface area contributed by atoms with Gasteiger partial charge in [0.1, 0.15) is 0 Å². The van der Waals surface area contributed by atoms with Crippen LogP contribution in [0.15, 0.2) is 41.8 Å². The number of nitrogens with one attached hydrogen (secondary N) is 1. The van der Waals surface area contributed by atoms with E-state index >= 15 is 0 Å². The summed E-state index contributed by atoms with van der Waals surface area (Å²) < 4.78 is 0. The molecule has 132 valence electrons. The van der Waals surface area contributed by atoms with E-state index < -0.39 is 0 Å². The van der Waals surface area contributed by atoms with Crippen LogP contribution in [0.25, 0.3) is 0 Å². The van der Waals surface area contributed by atoms with Crippen LogP contribution in [0.1, 0.15) is 53.0 Å². The van der Waals surface area contributed by atoms with Crippen molar-refractivity contribution in [3.05, 3.63) is 57.8 Å². The van der Waals surface area contributed by atoms with Gasteiger partial charge in [0, 0.05) is 30.0 Å². The average Bonchev–Trinajstić information content (AvgIpc) is 3.13. The number of fused-ring (bicyclic) bond motifs is 1. The fraction of sp³-hybridized carbons (Fsp3) is 0.400. The lowest BCUT2D eigenvalue weighted by Gasteiger charge is -2.35. The van der Waals surface area contributed by atoms with E-state index in [2.05, 4.69) is 23.7 Å². The van der Waals surface area contributed by atoms with Crippen LogP contribution in [-0.4, -0.2) is 29.8 Å². The highest BCUT2D eigenvalue weighted by atomic mass is 32.1. The van der Waals surface area contributed by atoms with E-state index in [1.165, 1.54) is 10.4 Å². The van der Waals surface area contributed by atoms with Crippen molar-refractivity contribution in [2.75, 3.05) is 13.1 Å². The molecule has 0 fully saturated rings.